The van der Waals surface area contributed by atoms with Crippen LogP contribution in [0.3, 0.4) is 0 Å². The molecular formula is C76H135N9O10S10. The maximum atomic E-state index is 11.1. The van der Waals surface area contributed by atoms with Crippen molar-refractivity contribution in [2.45, 2.75) is 266 Å². The molecule has 19 nitrogen and oxygen atoms in total. The molecule has 0 atom stereocenters. The van der Waals surface area contributed by atoms with Gasteiger partial charge in [-0.3, -0.25) is 9.59 Å². The number of rotatable bonds is 11. The summed E-state index contributed by atoms with van der Waals surface area (Å²) >= 11 is 32.4. The molecule has 0 aliphatic carbocycles. The predicted octanol–water partition coefficient (Wildman–Crippen LogP) is 18.5. The number of aromatic nitrogens is 2. The average Bonchev–Trinajstić information content (AvgIpc) is 1.28. The van der Waals surface area contributed by atoms with E-state index in [4.69, 9.17) is 94.7 Å². The number of anilines is 1. The van der Waals surface area contributed by atoms with Crippen molar-refractivity contribution in [2.24, 2.45) is 0 Å². The van der Waals surface area contributed by atoms with Crippen LogP contribution in [-0.4, -0.2) is 223 Å². The van der Waals surface area contributed by atoms with Crippen molar-refractivity contribution in [3.63, 3.8) is 0 Å². The minimum atomic E-state index is -0.212. The van der Waals surface area contributed by atoms with Gasteiger partial charge < -0.3 is 53.8 Å². The van der Waals surface area contributed by atoms with Gasteiger partial charge in [-0.15, -0.1) is 23.5 Å². The van der Waals surface area contributed by atoms with Crippen molar-refractivity contribution in [3.05, 3.63) is 79.1 Å². The maximum Gasteiger partial charge on any atom is 0.302 e. The number of carbonyl (C=O) groups excluding carboxylic acids is 2. The zero-order valence-electron chi connectivity index (χ0n) is 69.5. The first-order valence-corrected chi connectivity index (χ1v) is 43.5. The minimum absolute atomic E-state index is 0.0195. The molecule has 4 aliphatic rings. The molecule has 0 unspecified atom stereocenters. The fourth-order valence-corrected chi connectivity index (χ4v) is 16.4. The third-order valence-corrected chi connectivity index (χ3v) is 23.1. The van der Waals surface area contributed by atoms with Gasteiger partial charge in [0.25, 0.3) is 0 Å². The average molecular weight is 1660 g/mol. The number of hydrogen-bond acceptors (Lipinski definition) is 25. The number of aliphatic hydroxyl groups excluding tert-OH is 1. The van der Waals surface area contributed by atoms with Crippen LogP contribution in [0, 0.1) is 0 Å². The van der Waals surface area contributed by atoms with Crippen LogP contribution in [0.5, 0.6) is 5.75 Å². The Balaban J connectivity index is 0. The number of carbonyl (C=O) groups is 2. The molecule has 4 saturated heterocycles. The Kier molecular flexibility index (Phi) is 51.1. The Labute approximate surface area is 684 Å². The van der Waals surface area contributed by atoms with Crippen LogP contribution in [0.15, 0.2) is 79.1 Å². The molecule has 4 aliphatic heterocycles. The summed E-state index contributed by atoms with van der Waals surface area (Å²) in [6.45, 7) is 46.3. The molecule has 0 spiro atoms. The number of ether oxygens (including phenoxy) is 3. The molecule has 5 heterocycles. The van der Waals surface area contributed by atoms with E-state index in [2.05, 4.69) is 145 Å². The number of esters is 1. The van der Waals surface area contributed by atoms with Gasteiger partial charge in [-0.1, -0.05) is 108 Å². The highest BCUT2D eigenvalue weighted by Gasteiger charge is 2.49. The molecule has 29 heteroatoms. The lowest BCUT2D eigenvalue weighted by atomic mass is 9.79. The van der Waals surface area contributed by atoms with Crippen LogP contribution >= 0.6 is 120 Å². The fourth-order valence-electron chi connectivity index (χ4n) is 14.1. The molecule has 3 aromatic rings. The summed E-state index contributed by atoms with van der Waals surface area (Å²) in [5.74, 6) is 0.636. The van der Waals surface area contributed by atoms with Crippen LogP contribution < -0.4 is 15.0 Å². The summed E-state index contributed by atoms with van der Waals surface area (Å²) < 4.78 is 21.0. The normalized spacial score (nSPS) is 18.8. The lowest BCUT2D eigenvalue weighted by molar-refractivity contribution is -0.278. The van der Waals surface area contributed by atoms with E-state index in [0.29, 0.717) is 15.4 Å². The van der Waals surface area contributed by atoms with Gasteiger partial charge in [0.1, 0.15) is 20.5 Å². The van der Waals surface area contributed by atoms with Gasteiger partial charge in [-0.2, -0.15) is 25.4 Å². The fraction of sp³-hybridized carbons (Fsp3) is 0.711. The largest absolute Gasteiger partial charge is 0.479 e. The van der Waals surface area contributed by atoms with E-state index in [1.54, 1.807) is 69.8 Å². The smallest absolute Gasteiger partial charge is 0.302 e. The molecule has 2 aromatic carbocycles. The van der Waals surface area contributed by atoms with Gasteiger partial charge >= 0.3 is 5.97 Å². The summed E-state index contributed by atoms with van der Waals surface area (Å²) in [7, 11) is 8.85. The Hall–Kier alpha value is -2.37. The van der Waals surface area contributed by atoms with Crippen molar-refractivity contribution >= 4 is 159 Å². The number of thioether (sulfide) groups is 5. The van der Waals surface area contributed by atoms with Crippen LogP contribution in [0.25, 0.3) is 0 Å². The third kappa shape index (κ3) is 39.6. The highest BCUT2D eigenvalue weighted by Crippen LogP contribution is 2.42. The number of nitrogens with one attached hydrogen (secondary N) is 1. The highest BCUT2D eigenvalue weighted by atomic mass is 32.2. The predicted molar refractivity (Wildman–Crippen MR) is 473 cm³/mol. The van der Waals surface area contributed by atoms with E-state index in [1.165, 1.54) is 61.5 Å². The zero-order chi connectivity index (χ0) is 81.5. The minimum Gasteiger partial charge on any atom is -0.479 e. The molecule has 1 aromatic heterocycles. The Morgan fingerprint density at radius 3 is 1.24 bits per heavy atom. The van der Waals surface area contributed by atoms with Crippen molar-refractivity contribution in [2.75, 3.05) is 91.4 Å². The highest BCUT2D eigenvalue weighted by molar-refractivity contribution is 8.23. The van der Waals surface area contributed by atoms with E-state index in [9.17, 15) is 14.7 Å². The number of piperidine rings is 4. The number of aliphatic hydroxyl groups is 1. The Morgan fingerprint density at radius 2 is 0.933 bits per heavy atom. The second-order valence-corrected chi connectivity index (χ2v) is 37.1. The second kappa shape index (κ2) is 51.3. The summed E-state index contributed by atoms with van der Waals surface area (Å²) in [6, 6.07) is 21.7. The lowest BCUT2D eigenvalue weighted by Gasteiger charge is -2.53. The second-order valence-electron chi connectivity index (χ2n) is 30.0. The molecule has 604 valence electrons. The number of nitrogens with zero attached hydrogens (tertiary/aromatic N) is 8. The number of hydroxylamine groups is 8. The quantitative estimate of drug-likeness (QED) is 0.137. The molecule has 0 saturated carbocycles. The first-order chi connectivity index (χ1) is 48.6. The van der Waals surface area contributed by atoms with Crippen molar-refractivity contribution in [1.29, 1.82) is 0 Å². The van der Waals surface area contributed by atoms with E-state index in [0.717, 1.165) is 76.0 Å². The first-order valence-electron chi connectivity index (χ1n) is 35.4. The van der Waals surface area contributed by atoms with Gasteiger partial charge in [0, 0.05) is 115 Å². The maximum absolute atomic E-state index is 11.1. The van der Waals surface area contributed by atoms with Crippen LogP contribution in [-0.2, 0) is 38.4 Å². The monoisotopic (exact) mass is 1650 g/mol. The van der Waals surface area contributed by atoms with Gasteiger partial charge in [0.05, 0.1) is 41.2 Å². The standard InChI is InChI=1S/C12H24N2O2.C12H23NO3.C10H21NO2.C10H21NO.C9H11NS2.C8H8OS2.C6H13NS2.C5H6N2S2.C4H8OS2/c1-9(15)13-10-7-11(2,3)14(16-6)12(4,5)8-10;1-9(14)16-10-7-11(2,3)13(15-6)12(4,5)8-10;1-9(2)6-8(12)7-10(3,4)11(9)13-5;1-9(2)7-6-8-10(3,4)11(9)12-5;1-10(9(11)12-2)8-6-4-3-5-7-8;1-11-8(10)9-7-5-3-2-4-6-7;1-4-7(5-2)6(8)9-3;1-9-5(8)7-4-2-3-6-7;1-3-5-4(6)7-2/h10H,7-8H2,1-6H3,(H,13,15);10H,7-8H2,1-6H3;8,12H,6-7H2,1-5H3;6-8H2,1-5H3;3-7H,1-2H3;2-6H,1H3;4-5H2,1-3H3;2-4H,1H3;3H2,1-2H3. The van der Waals surface area contributed by atoms with E-state index >= 15 is 0 Å². The molecule has 0 radical (unpaired) electrons. The topological polar surface area (TPSA) is 168 Å². The van der Waals surface area contributed by atoms with Crippen molar-refractivity contribution < 1.29 is 48.3 Å². The van der Waals surface area contributed by atoms with Crippen LogP contribution in [0.2, 0.25) is 0 Å². The molecule has 0 bridgehead atoms. The summed E-state index contributed by atoms with van der Waals surface area (Å²) in [6.07, 6.45) is 21.7. The van der Waals surface area contributed by atoms with Gasteiger partial charge in [-0.05, 0) is 263 Å². The van der Waals surface area contributed by atoms with Gasteiger partial charge in [0.2, 0.25) is 14.7 Å². The van der Waals surface area contributed by atoms with Crippen LogP contribution in [0.4, 0.5) is 5.69 Å². The summed E-state index contributed by atoms with van der Waals surface area (Å²) in [5, 5.41) is 24.8. The molecule has 105 heavy (non-hydrogen) atoms. The SMILES string of the molecule is CCN(CC)C(=S)SC.CCOC(=S)SC.CON1C(C)(C)CC(NC(C)=O)CC1(C)C.CON1C(C)(C)CC(O)CC1(C)C.CON1C(C)(C)CC(OC(C)=O)CC1(C)C.CON1C(C)(C)CCCC1(C)C.CSC(=S)N(C)c1ccccc1.CSC(=S)Oc1ccccc1.CSC(=S)n1cccn1. The number of hydrogen-bond donors (Lipinski definition) is 2. The van der Waals surface area contributed by atoms with Crippen molar-refractivity contribution in [3.8, 4) is 5.75 Å². The van der Waals surface area contributed by atoms with E-state index in [-0.39, 0.29) is 74.4 Å². The number of benzene rings is 2. The Morgan fingerprint density at radius 1 is 0.543 bits per heavy atom. The molecule has 1 amide bonds. The molecule has 7 rings (SSSR count). The molecule has 4 fully saturated rings. The lowest BCUT2D eigenvalue weighted by Crippen LogP contribution is -2.63. The molecule has 2 N–H and O–H groups in total. The van der Waals surface area contributed by atoms with Gasteiger partial charge in [-0.25, -0.2) is 4.68 Å². The number of amides is 1. The Bertz CT molecular complexity index is 2840. The first kappa shape index (κ1) is 105. The van der Waals surface area contributed by atoms with E-state index < -0.39 is 0 Å². The van der Waals surface area contributed by atoms with Crippen molar-refractivity contribution in [1.82, 2.24) is 40.3 Å². The summed E-state index contributed by atoms with van der Waals surface area (Å²) in [5.41, 5.74) is 0.955. The van der Waals surface area contributed by atoms with E-state index in [1.807, 2.05) is 138 Å². The number of thiocarbonyl (C=S) groups is 5. The zero-order valence-corrected chi connectivity index (χ0v) is 77.7. The van der Waals surface area contributed by atoms with Crippen LogP contribution in [0.1, 0.15) is 203 Å². The molecular weight excluding hydrogens is 1520 g/mol. The number of para-hydroxylation sites is 2. The third-order valence-electron chi connectivity index (χ3n) is 17.1. The van der Waals surface area contributed by atoms with Gasteiger partial charge in [0.15, 0.2) is 4.32 Å². The summed E-state index contributed by atoms with van der Waals surface area (Å²) in [4.78, 5) is 48.1.